The normalized spacial score (nSPS) is 22.1. The van der Waals surface area contributed by atoms with Gasteiger partial charge in [0.1, 0.15) is 5.76 Å². The predicted molar refractivity (Wildman–Crippen MR) is 73.7 cm³/mol. The van der Waals surface area contributed by atoms with Crippen LogP contribution in [0.5, 0.6) is 0 Å². The SMILES string of the molecule is CSC1CCC(OS(=O)(=O)C(F)(F)F)=C(C(C)(C)C)C1. The third-order valence-corrected chi connectivity index (χ3v) is 5.25. The molecule has 0 aromatic carbocycles. The molecule has 1 unspecified atom stereocenters. The maximum atomic E-state index is 12.4. The van der Waals surface area contributed by atoms with Crippen molar-refractivity contribution in [2.75, 3.05) is 6.26 Å². The lowest BCUT2D eigenvalue weighted by molar-refractivity contribution is -0.0525. The van der Waals surface area contributed by atoms with Crippen LogP contribution >= 0.6 is 11.8 Å². The molecule has 1 atom stereocenters. The first-order chi connectivity index (χ1) is 8.88. The quantitative estimate of drug-likeness (QED) is 0.577. The van der Waals surface area contributed by atoms with Gasteiger partial charge in [-0.1, -0.05) is 20.8 Å². The first-order valence-corrected chi connectivity index (χ1v) is 8.84. The molecule has 1 rings (SSSR count). The highest BCUT2D eigenvalue weighted by molar-refractivity contribution is 7.99. The number of thioether (sulfide) groups is 1. The van der Waals surface area contributed by atoms with E-state index in [0.29, 0.717) is 18.4 Å². The van der Waals surface area contributed by atoms with E-state index in [4.69, 9.17) is 0 Å². The Bertz CT molecular complexity index is 487. The minimum Gasteiger partial charge on any atom is -0.381 e. The molecule has 0 saturated heterocycles. The lowest BCUT2D eigenvalue weighted by Crippen LogP contribution is -2.29. The number of allylic oxidation sites excluding steroid dienone is 2. The Morgan fingerprint density at radius 3 is 2.20 bits per heavy atom. The molecule has 0 heterocycles. The van der Waals surface area contributed by atoms with Gasteiger partial charge in [-0.15, -0.1) is 0 Å². The van der Waals surface area contributed by atoms with Crippen molar-refractivity contribution in [3.8, 4) is 0 Å². The molecule has 0 aromatic heterocycles. The van der Waals surface area contributed by atoms with Crippen LogP contribution in [-0.4, -0.2) is 25.4 Å². The molecule has 0 aromatic rings. The molecule has 3 nitrogen and oxygen atoms in total. The summed E-state index contributed by atoms with van der Waals surface area (Å²) in [6, 6.07) is 0. The van der Waals surface area contributed by atoms with E-state index in [2.05, 4.69) is 4.18 Å². The molecule has 1 aliphatic rings. The molecule has 0 fully saturated rings. The van der Waals surface area contributed by atoms with Gasteiger partial charge in [-0.05, 0) is 30.1 Å². The summed E-state index contributed by atoms with van der Waals surface area (Å²) in [5.41, 5.74) is -5.17. The zero-order valence-electron chi connectivity index (χ0n) is 11.9. The van der Waals surface area contributed by atoms with E-state index in [9.17, 15) is 21.6 Å². The van der Waals surface area contributed by atoms with E-state index in [0.717, 1.165) is 0 Å². The molecule has 0 bridgehead atoms. The molecule has 0 saturated carbocycles. The third kappa shape index (κ3) is 4.07. The molecule has 8 heteroatoms. The van der Waals surface area contributed by atoms with Crippen molar-refractivity contribution in [2.45, 2.75) is 50.8 Å². The molecule has 118 valence electrons. The van der Waals surface area contributed by atoms with E-state index in [1.165, 1.54) is 0 Å². The summed E-state index contributed by atoms with van der Waals surface area (Å²) in [5.74, 6) is -0.0416. The van der Waals surface area contributed by atoms with E-state index in [1.54, 1.807) is 11.8 Å². The van der Waals surface area contributed by atoms with E-state index < -0.39 is 21.0 Å². The Hall–Kier alpha value is -0.370. The van der Waals surface area contributed by atoms with E-state index in [-0.39, 0.29) is 17.4 Å². The molecule has 20 heavy (non-hydrogen) atoms. The van der Waals surface area contributed by atoms with Crippen LogP contribution in [0.4, 0.5) is 13.2 Å². The van der Waals surface area contributed by atoms with Gasteiger partial charge in [-0.2, -0.15) is 33.4 Å². The van der Waals surface area contributed by atoms with Gasteiger partial charge in [0, 0.05) is 11.7 Å². The molecular formula is C12H19F3O3S2. The van der Waals surface area contributed by atoms with Crippen molar-refractivity contribution >= 4 is 21.9 Å². The fraction of sp³-hybridized carbons (Fsp3) is 0.833. The maximum Gasteiger partial charge on any atom is 0.534 e. The van der Waals surface area contributed by atoms with Crippen LogP contribution in [0.15, 0.2) is 11.3 Å². The van der Waals surface area contributed by atoms with Gasteiger partial charge in [0.05, 0.1) is 0 Å². The van der Waals surface area contributed by atoms with Crippen molar-refractivity contribution in [1.29, 1.82) is 0 Å². The fourth-order valence-electron chi connectivity index (χ4n) is 2.08. The number of hydrogen-bond donors (Lipinski definition) is 0. The second-order valence-electron chi connectivity index (χ2n) is 5.74. The molecule has 0 radical (unpaired) electrons. The van der Waals surface area contributed by atoms with Crippen LogP contribution < -0.4 is 0 Å². The van der Waals surface area contributed by atoms with Gasteiger partial charge in [-0.25, -0.2) is 0 Å². The van der Waals surface area contributed by atoms with Crippen LogP contribution in [0.3, 0.4) is 0 Å². The number of hydrogen-bond acceptors (Lipinski definition) is 4. The predicted octanol–water partition coefficient (Wildman–Crippen LogP) is 4.07. The summed E-state index contributed by atoms with van der Waals surface area (Å²) >= 11 is 1.63. The number of rotatable bonds is 3. The maximum absolute atomic E-state index is 12.4. The van der Waals surface area contributed by atoms with E-state index in [1.807, 2.05) is 27.0 Å². The standard InChI is InChI=1S/C12H19F3O3S2/c1-11(2,3)9-7-8(19-4)5-6-10(9)18-20(16,17)12(13,14)15/h8H,5-7H2,1-4H3. The summed E-state index contributed by atoms with van der Waals surface area (Å²) in [6.45, 7) is 5.53. The summed E-state index contributed by atoms with van der Waals surface area (Å²) in [4.78, 5) is 0. The van der Waals surface area contributed by atoms with Crippen LogP contribution in [0.25, 0.3) is 0 Å². The monoisotopic (exact) mass is 332 g/mol. The Balaban J connectivity index is 3.15. The Labute approximate surface area is 122 Å². The molecular weight excluding hydrogens is 313 g/mol. The largest absolute Gasteiger partial charge is 0.534 e. The van der Waals surface area contributed by atoms with Gasteiger partial charge in [0.2, 0.25) is 0 Å². The molecule has 0 N–H and O–H groups in total. The zero-order chi connectivity index (χ0) is 15.8. The van der Waals surface area contributed by atoms with Gasteiger partial charge < -0.3 is 4.18 Å². The third-order valence-electron chi connectivity index (χ3n) is 3.19. The van der Waals surface area contributed by atoms with E-state index >= 15 is 0 Å². The highest BCUT2D eigenvalue weighted by Crippen LogP contribution is 2.42. The fourth-order valence-corrected chi connectivity index (χ4v) is 3.31. The Morgan fingerprint density at radius 1 is 1.25 bits per heavy atom. The molecule has 0 amide bonds. The number of alkyl halides is 3. The van der Waals surface area contributed by atoms with Crippen LogP contribution in [0.2, 0.25) is 0 Å². The summed E-state index contributed by atoms with van der Waals surface area (Å²) < 4.78 is 64.0. The average Bonchev–Trinajstić information content (AvgIpc) is 2.26. The highest BCUT2D eigenvalue weighted by Gasteiger charge is 2.49. The highest BCUT2D eigenvalue weighted by atomic mass is 32.2. The minimum absolute atomic E-state index is 0.0416. The van der Waals surface area contributed by atoms with Crippen molar-refractivity contribution < 1.29 is 25.8 Å². The van der Waals surface area contributed by atoms with Crippen LogP contribution in [0, 0.1) is 5.41 Å². The summed E-state index contributed by atoms with van der Waals surface area (Å²) in [7, 11) is -5.58. The van der Waals surface area contributed by atoms with Crippen molar-refractivity contribution in [3.05, 3.63) is 11.3 Å². The van der Waals surface area contributed by atoms with Gasteiger partial charge in [0.25, 0.3) is 0 Å². The lowest BCUT2D eigenvalue weighted by Gasteiger charge is -2.33. The van der Waals surface area contributed by atoms with Crippen molar-refractivity contribution in [3.63, 3.8) is 0 Å². The minimum atomic E-state index is -5.58. The summed E-state index contributed by atoms with van der Waals surface area (Å²) in [5, 5.41) is 0.283. The first-order valence-electron chi connectivity index (χ1n) is 6.14. The Kier molecular flexibility index (Phi) is 5.12. The lowest BCUT2D eigenvalue weighted by atomic mass is 9.79. The zero-order valence-corrected chi connectivity index (χ0v) is 13.5. The topological polar surface area (TPSA) is 43.4 Å². The smallest absolute Gasteiger partial charge is 0.381 e. The van der Waals surface area contributed by atoms with Crippen LogP contribution in [0.1, 0.15) is 40.0 Å². The average molecular weight is 332 g/mol. The van der Waals surface area contributed by atoms with Gasteiger partial charge >= 0.3 is 15.6 Å². The van der Waals surface area contributed by atoms with Crippen molar-refractivity contribution in [2.24, 2.45) is 5.41 Å². The Morgan fingerprint density at radius 2 is 1.80 bits per heavy atom. The molecule has 0 aliphatic heterocycles. The first kappa shape index (κ1) is 17.7. The van der Waals surface area contributed by atoms with Gasteiger partial charge in [-0.3, -0.25) is 0 Å². The second kappa shape index (κ2) is 5.79. The van der Waals surface area contributed by atoms with Crippen LogP contribution in [-0.2, 0) is 14.3 Å². The van der Waals surface area contributed by atoms with Crippen molar-refractivity contribution in [1.82, 2.24) is 0 Å². The molecule has 1 aliphatic carbocycles. The second-order valence-corrected chi connectivity index (χ2v) is 8.41. The molecule has 0 spiro atoms. The summed E-state index contributed by atoms with van der Waals surface area (Å²) in [6.07, 6.45) is 3.31. The number of halogens is 3. The van der Waals surface area contributed by atoms with Gasteiger partial charge in [0.15, 0.2) is 0 Å².